The summed E-state index contributed by atoms with van der Waals surface area (Å²) in [5.74, 6) is -0.192. The van der Waals surface area contributed by atoms with Gasteiger partial charge in [-0.1, -0.05) is 11.6 Å². The molecule has 0 spiro atoms. The van der Waals surface area contributed by atoms with Gasteiger partial charge in [-0.05, 0) is 31.9 Å². The molecule has 3 rings (SSSR count). The Morgan fingerprint density at radius 3 is 2.96 bits per heavy atom. The lowest BCUT2D eigenvalue weighted by Gasteiger charge is -2.31. The van der Waals surface area contributed by atoms with Crippen LogP contribution in [0.2, 0.25) is 5.02 Å². The number of hydrogen-bond acceptors (Lipinski definition) is 5. The van der Waals surface area contributed by atoms with Crippen LogP contribution in [-0.4, -0.2) is 49.3 Å². The van der Waals surface area contributed by atoms with Crippen molar-refractivity contribution in [1.82, 2.24) is 14.5 Å². The molecule has 0 bridgehead atoms. The summed E-state index contributed by atoms with van der Waals surface area (Å²) in [7, 11) is -3.34. The number of benzene rings is 1. The molecule has 148 valence electrons. The molecule has 2 heterocycles. The minimum absolute atomic E-state index is 0.00119. The van der Waals surface area contributed by atoms with Crippen molar-refractivity contribution >= 4 is 21.6 Å². The van der Waals surface area contributed by atoms with Crippen LogP contribution in [0.15, 0.2) is 30.6 Å². The molecule has 2 unspecified atom stereocenters. The zero-order valence-electron chi connectivity index (χ0n) is 14.8. The lowest BCUT2D eigenvalue weighted by atomic mass is 10.0. The van der Waals surface area contributed by atoms with Crippen LogP contribution in [0.3, 0.4) is 0 Å². The van der Waals surface area contributed by atoms with E-state index in [9.17, 15) is 12.8 Å². The molecule has 1 aromatic carbocycles. The Hall–Kier alpha value is -1.68. The molecule has 10 heteroatoms. The fourth-order valence-corrected chi connectivity index (χ4v) is 3.86. The third-order valence-corrected chi connectivity index (χ3v) is 5.90. The van der Waals surface area contributed by atoms with E-state index in [2.05, 4.69) is 9.82 Å². The minimum Gasteiger partial charge on any atom is -0.491 e. The summed E-state index contributed by atoms with van der Waals surface area (Å²) in [6.07, 6.45) is 3.92. The quantitative estimate of drug-likeness (QED) is 0.748. The van der Waals surface area contributed by atoms with Gasteiger partial charge in [-0.25, -0.2) is 22.2 Å². The third kappa shape index (κ3) is 5.19. The first-order valence-corrected chi connectivity index (χ1v) is 10.7. The van der Waals surface area contributed by atoms with Crippen LogP contribution in [0.4, 0.5) is 4.39 Å². The van der Waals surface area contributed by atoms with Gasteiger partial charge in [0.1, 0.15) is 24.1 Å². The highest BCUT2D eigenvalue weighted by Crippen LogP contribution is 2.22. The zero-order chi connectivity index (χ0) is 19.4. The van der Waals surface area contributed by atoms with Crippen LogP contribution < -0.4 is 9.46 Å². The van der Waals surface area contributed by atoms with E-state index in [1.165, 1.54) is 29.2 Å². The molecule has 2 atom stereocenters. The Morgan fingerprint density at radius 2 is 2.30 bits per heavy atom. The van der Waals surface area contributed by atoms with Crippen LogP contribution in [-0.2, 0) is 14.8 Å². The van der Waals surface area contributed by atoms with Gasteiger partial charge in [0.25, 0.3) is 0 Å². The summed E-state index contributed by atoms with van der Waals surface area (Å²) < 4.78 is 53.3. The molecule has 27 heavy (non-hydrogen) atoms. The first-order valence-electron chi connectivity index (χ1n) is 8.62. The van der Waals surface area contributed by atoms with Gasteiger partial charge in [-0.15, -0.1) is 0 Å². The van der Waals surface area contributed by atoms with Gasteiger partial charge < -0.3 is 9.47 Å². The van der Waals surface area contributed by atoms with Crippen LogP contribution >= 0.6 is 11.6 Å². The number of sulfonamides is 1. The molecule has 0 radical (unpaired) electrons. The Morgan fingerprint density at radius 1 is 1.48 bits per heavy atom. The number of halogens is 2. The Balaban J connectivity index is 1.65. The number of ether oxygens (including phenoxy) is 2. The normalized spacial score (nSPS) is 20.6. The summed E-state index contributed by atoms with van der Waals surface area (Å²) >= 11 is 5.81. The molecule has 1 aliphatic rings. The fourth-order valence-electron chi connectivity index (χ4n) is 2.83. The Labute approximate surface area is 162 Å². The van der Waals surface area contributed by atoms with Crippen molar-refractivity contribution in [2.24, 2.45) is 0 Å². The molecular formula is C17H21ClFN3O4S. The molecule has 1 aromatic heterocycles. The highest BCUT2D eigenvalue weighted by Gasteiger charge is 2.29. The summed E-state index contributed by atoms with van der Waals surface area (Å²) in [6.45, 7) is 2.23. The second kappa shape index (κ2) is 8.55. The Kier molecular flexibility index (Phi) is 6.36. The Bertz CT molecular complexity index is 890. The number of aromatic nitrogens is 2. The van der Waals surface area contributed by atoms with Gasteiger partial charge in [0.05, 0.1) is 23.0 Å². The van der Waals surface area contributed by atoms with E-state index < -0.39 is 21.9 Å². The molecule has 1 aliphatic heterocycles. The average molecular weight is 418 g/mol. The predicted molar refractivity (Wildman–Crippen MR) is 99.4 cm³/mol. The topological polar surface area (TPSA) is 82.5 Å². The van der Waals surface area contributed by atoms with Gasteiger partial charge in [-0.2, -0.15) is 5.10 Å². The van der Waals surface area contributed by atoms with Crippen molar-refractivity contribution < 1.29 is 22.3 Å². The maximum absolute atomic E-state index is 14.3. The second-order valence-corrected chi connectivity index (χ2v) is 8.69. The number of hydrogen-bond donors (Lipinski definition) is 1. The number of nitrogens with zero attached hydrogens (tertiary/aromatic N) is 2. The van der Waals surface area contributed by atoms with Crippen LogP contribution in [0, 0.1) is 5.82 Å². The number of rotatable bonds is 7. The predicted octanol–water partition coefficient (Wildman–Crippen LogP) is 2.53. The second-order valence-electron chi connectivity index (χ2n) is 6.21. The highest BCUT2D eigenvalue weighted by atomic mass is 35.5. The molecular weight excluding hydrogens is 397 g/mol. The summed E-state index contributed by atoms with van der Waals surface area (Å²) in [5, 5.41) is 4.37. The van der Waals surface area contributed by atoms with E-state index in [0.717, 1.165) is 6.42 Å². The maximum atomic E-state index is 14.3. The number of nitrogens with one attached hydrogen (secondary N) is 1. The van der Waals surface area contributed by atoms with Gasteiger partial charge in [0, 0.05) is 18.9 Å². The van der Waals surface area contributed by atoms with Crippen molar-refractivity contribution in [3.05, 3.63) is 41.4 Å². The third-order valence-electron chi connectivity index (χ3n) is 4.28. The summed E-state index contributed by atoms with van der Waals surface area (Å²) in [5.41, 5.74) is 0.247. The molecule has 0 saturated carbocycles. The van der Waals surface area contributed by atoms with Crippen LogP contribution in [0.25, 0.3) is 5.69 Å². The molecule has 2 aromatic rings. The van der Waals surface area contributed by atoms with Gasteiger partial charge in [0.15, 0.2) is 5.82 Å². The van der Waals surface area contributed by atoms with Crippen molar-refractivity contribution in [1.29, 1.82) is 0 Å². The van der Waals surface area contributed by atoms with E-state index in [1.54, 1.807) is 13.0 Å². The first kappa shape index (κ1) is 20.1. The van der Waals surface area contributed by atoms with Crippen molar-refractivity contribution in [3.63, 3.8) is 0 Å². The SMILES string of the molecule is CCS(=O)(=O)NC1CCCOC1COc1ccc(-n2cc(Cl)cn2)c(F)c1. The average Bonchev–Trinajstić information content (AvgIpc) is 3.07. The largest absolute Gasteiger partial charge is 0.491 e. The molecule has 1 saturated heterocycles. The van der Waals surface area contributed by atoms with E-state index >= 15 is 0 Å². The van der Waals surface area contributed by atoms with Gasteiger partial charge >= 0.3 is 0 Å². The van der Waals surface area contributed by atoms with E-state index in [-0.39, 0.29) is 24.1 Å². The van der Waals surface area contributed by atoms with E-state index in [0.29, 0.717) is 23.8 Å². The monoisotopic (exact) mass is 417 g/mol. The van der Waals surface area contributed by atoms with Crippen molar-refractivity contribution in [2.75, 3.05) is 19.0 Å². The van der Waals surface area contributed by atoms with Crippen LogP contribution in [0.5, 0.6) is 5.75 Å². The van der Waals surface area contributed by atoms with E-state index in [4.69, 9.17) is 21.1 Å². The zero-order valence-corrected chi connectivity index (χ0v) is 16.3. The molecule has 0 aliphatic carbocycles. The molecule has 0 amide bonds. The lowest BCUT2D eigenvalue weighted by Crippen LogP contribution is -2.49. The minimum atomic E-state index is -3.34. The first-order chi connectivity index (χ1) is 12.9. The molecule has 7 nitrogen and oxygen atoms in total. The highest BCUT2D eigenvalue weighted by molar-refractivity contribution is 7.89. The molecule has 1 fully saturated rings. The summed E-state index contributed by atoms with van der Waals surface area (Å²) in [6, 6.07) is 4.03. The molecule has 1 N–H and O–H groups in total. The van der Waals surface area contributed by atoms with Crippen molar-refractivity contribution in [2.45, 2.75) is 31.9 Å². The fraction of sp³-hybridized carbons (Fsp3) is 0.471. The maximum Gasteiger partial charge on any atom is 0.211 e. The van der Waals surface area contributed by atoms with Crippen molar-refractivity contribution in [3.8, 4) is 11.4 Å². The smallest absolute Gasteiger partial charge is 0.211 e. The van der Waals surface area contributed by atoms with Gasteiger partial charge in [-0.3, -0.25) is 0 Å². The lowest BCUT2D eigenvalue weighted by molar-refractivity contribution is -0.0279. The van der Waals surface area contributed by atoms with Crippen LogP contribution in [0.1, 0.15) is 19.8 Å². The standard InChI is InChI=1S/C17H21ClFN3O4S/c1-2-27(23,24)21-15-4-3-7-25-17(15)11-26-13-5-6-16(14(19)8-13)22-10-12(18)9-20-22/h5-6,8-10,15,17,21H,2-4,7,11H2,1H3. The van der Waals surface area contributed by atoms with E-state index in [1.807, 2.05) is 0 Å². The van der Waals surface area contributed by atoms with Gasteiger partial charge in [0.2, 0.25) is 10.0 Å². The summed E-state index contributed by atoms with van der Waals surface area (Å²) in [4.78, 5) is 0.